The minimum Gasteiger partial charge on any atom is -0.544 e. The monoisotopic (exact) mass is 348 g/mol. The summed E-state index contributed by atoms with van der Waals surface area (Å²) in [6, 6.07) is 6.26. The van der Waals surface area contributed by atoms with Crippen LogP contribution in [0.5, 0.6) is 5.75 Å². The molecular weight excluding hydrogens is 315 g/mol. The highest BCUT2D eigenvalue weighted by Crippen LogP contribution is 2.39. The van der Waals surface area contributed by atoms with E-state index < -0.39 is 8.32 Å². The van der Waals surface area contributed by atoms with Crippen LogP contribution in [0, 0.1) is 6.92 Å². The summed E-state index contributed by atoms with van der Waals surface area (Å²) in [5.41, 5.74) is 1.56. The van der Waals surface area contributed by atoms with E-state index in [1.54, 1.807) is 0 Å². The Morgan fingerprint density at radius 1 is 1.00 bits per heavy atom. The summed E-state index contributed by atoms with van der Waals surface area (Å²) < 4.78 is 18.9. The van der Waals surface area contributed by atoms with Crippen LogP contribution in [0.4, 0.5) is 0 Å². The molecule has 1 aromatic rings. The molecule has 5 heteroatoms. The highest BCUT2D eigenvalue weighted by Gasteiger charge is 2.52. The smallest absolute Gasteiger partial charge is 0.495 e. The SMILES string of the molecule is Cc1ccc(O[Si](C)(C)C(C)(C)C)cc1B1OC(C)(C)C(C)(C)O1. The second-order valence-electron chi connectivity index (χ2n) is 9.47. The summed E-state index contributed by atoms with van der Waals surface area (Å²) in [4.78, 5) is 0. The minimum atomic E-state index is -1.86. The molecule has 0 radical (unpaired) electrons. The summed E-state index contributed by atoms with van der Waals surface area (Å²) in [5.74, 6) is 0.914. The number of hydrogen-bond acceptors (Lipinski definition) is 3. The molecule has 24 heavy (non-hydrogen) atoms. The molecule has 0 aromatic heterocycles. The second kappa shape index (κ2) is 5.89. The lowest BCUT2D eigenvalue weighted by molar-refractivity contribution is 0.00578. The van der Waals surface area contributed by atoms with E-state index in [1.807, 2.05) is 0 Å². The van der Waals surface area contributed by atoms with Crippen molar-refractivity contribution in [2.45, 2.75) is 84.7 Å². The summed E-state index contributed by atoms with van der Waals surface area (Å²) in [7, 11) is -2.21. The van der Waals surface area contributed by atoms with Gasteiger partial charge >= 0.3 is 7.12 Å². The Balaban J connectivity index is 2.31. The summed E-state index contributed by atoms with van der Waals surface area (Å²) in [6.07, 6.45) is 0. The molecule has 1 heterocycles. The first-order valence-electron chi connectivity index (χ1n) is 8.81. The van der Waals surface area contributed by atoms with Gasteiger partial charge in [-0.25, -0.2) is 0 Å². The van der Waals surface area contributed by atoms with Crippen LogP contribution in [-0.2, 0) is 9.31 Å². The van der Waals surface area contributed by atoms with E-state index in [1.165, 1.54) is 0 Å². The molecule has 1 saturated heterocycles. The molecule has 0 saturated carbocycles. The van der Waals surface area contributed by atoms with Crippen LogP contribution in [0.2, 0.25) is 18.1 Å². The molecule has 0 bridgehead atoms. The zero-order chi connectivity index (χ0) is 18.6. The van der Waals surface area contributed by atoms with E-state index in [4.69, 9.17) is 13.7 Å². The normalized spacial score (nSPS) is 20.3. The van der Waals surface area contributed by atoms with Crippen molar-refractivity contribution in [3.63, 3.8) is 0 Å². The third-order valence-corrected chi connectivity index (χ3v) is 10.3. The summed E-state index contributed by atoms with van der Waals surface area (Å²) >= 11 is 0. The Bertz CT molecular complexity index is 602. The lowest BCUT2D eigenvalue weighted by Gasteiger charge is -2.36. The molecule has 1 fully saturated rings. The standard InChI is InChI=1S/C19H33BO3Si/c1-14-11-12-15(21-24(9,10)17(2,3)4)13-16(14)20-22-18(5,6)19(7,8)23-20/h11-13H,1-10H3. The van der Waals surface area contributed by atoms with Gasteiger partial charge in [-0.15, -0.1) is 0 Å². The van der Waals surface area contributed by atoms with Gasteiger partial charge in [0.2, 0.25) is 8.32 Å². The average molecular weight is 348 g/mol. The maximum Gasteiger partial charge on any atom is 0.495 e. The van der Waals surface area contributed by atoms with Crippen molar-refractivity contribution < 1.29 is 13.7 Å². The van der Waals surface area contributed by atoms with Crippen molar-refractivity contribution in [1.82, 2.24) is 0 Å². The first-order chi connectivity index (χ1) is 10.7. The number of hydrogen-bond donors (Lipinski definition) is 0. The number of rotatable bonds is 3. The van der Waals surface area contributed by atoms with Crippen LogP contribution in [-0.4, -0.2) is 26.6 Å². The zero-order valence-electron chi connectivity index (χ0n) is 17.0. The molecule has 2 rings (SSSR count). The van der Waals surface area contributed by atoms with Gasteiger partial charge in [-0.2, -0.15) is 0 Å². The van der Waals surface area contributed by atoms with Crippen molar-refractivity contribution in [2.24, 2.45) is 0 Å². The van der Waals surface area contributed by atoms with Gasteiger partial charge in [-0.1, -0.05) is 32.4 Å². The van der Waals surface area contributed by atoms with Gasteiger partial charge < -0.3 is 13.7 Å². The third-order valence-electron chi connectivity index (χ3n) is 5.94. The molecule has 0 amide bonds. The number of benzene rings is 1. The molecule has 0 unspecified atom stereocenters. The quantitative estimate of drug-likeness (QED) is 0.743. The van der Waals surface area contributed by atoms with E-state index in [0.717, 1.165) is 16.8 Å². The zero-order valence-corrected chi connectivity index (χ0v) is 18.0. The van der Waals surface area contributed by atoms with Crippen LogP contribution < -0.4 is 9.89 Å². The number of aryl methyl sites for hydroxylation is 1. The Kier molecular flexibility index (Phi) is 4.80. The molecular formula is C19H33BO3Si. The first-order valence-corrected chi connectivity index (χ1v) is 11.7. The fourth-order valence-corrected chi connectivity index (χ4v) is 3.38. The van der Waals surface area contributed by atoms with E-state index in [9.17, 15) is 0 Å². The van der Waals surface area contributed by atoms with Gasteiger partial charge in [0.1, 0.15) is 5.75 Å². The maximum absolute atomic E-state index is 6.45. The largest absolute Gasteiger partial charge is 0.544 e. The molecule has 0 atom stereocenters. The van der Waals surface area contributed by atoms with Crippen molar-refractivity contribution in [3.05, 3.63) is 23.8 Å². The van der Waals surface area contributed by atoms with E-state index in [2.05, 4.69) is 86.7 Å². The van der Waals surface area contributed by atoms with Crippen LogP contribution in [0.25, 0.3) is 0 Å². The highest BCUT2D eigenvalue weighted by molar-refractivity contribution is 6.74. The molecule has 3 nitrogen and oxygen atoms in total. The Morgan fingerprint density at radius 2 is 1.50 bits per heavy atom. The molecule has 1 aliphatic rings. The predicted molar refractivity (Wildman–Crippen MR) is 105 cm³/mol. The van der Waals surface area contributed by atoms with Gasteiger partial charge in [0.25, 0.3) is 0 Å². The second-order valence-corrected chi connectivity index (χ2v) is 14.2. The fraction of sp³-hybridized carbons (Fsp3) is 0.684. The van der Waals surface area contributed by atoms with Gasteiger partial charge in [0.05, 0.1) is 11.2 Å². The van der Waals surface area contributed by atoms with Crippen LogP contribution in [0.15, 0.2) is 18.2 Å². The van der Waals surface area contributed by atoms with E-state index in [-0.39, 0.29) is 23.4 Å². The van der Waals surface area contributed by atoms with E-state index in [0.29, 0.717) is 0 Å². The van der Waals surface area contributed by atoms with Gasteiger partial charge in [0, 0.05) is 0 Å². The topological polar surface area (TPSA) is 27.7 Å². The molecule has 0 spiro atoms. The van der Waals surface area contributed by atoms with Gasteiger partial charge in [-0.05, 0) is 70.3 Å². The van der Waals surface area contributed by atoms with Crippen LogP contribution >= 0.6 is 0 Å². The predicted octanol–water partition coefficient (Wildman–Crippen LogP) is 4.68. The van der Waals surface area contributed by atoms with Crippen molar-refractivity contribution in [1.29, 1.82) is 0 Å². The first kappa shape index (κ1) is 19.5. The summed E-state index contributed by atoms with van der Waals surface area (Å²) in [6.45, 7) is 21.7. The Hall–Kier alpha value is -0.778. The lowest BCUT2D eigenvalue weighted by atomic mass is 9.76. The van der Waals surface area contributed by atoms with Crippen molar-refractivity contribution >= 4 is 20.9 Å². The van der Waals surface area contributed by atoms with Crippen molar-refractivity contribution in [3.8, 4) is 5.75 Å². The van der Waals surface area contributed by atoms with Crippen molar-refractivity contribution in [2.75, 3.05) is 0 Å². The Morgan fingerprint density at radius 3 is 1.96 bits per heavy atom. The Labute approximate surface area is 149 Å². The molecule has 1 aliphatic heterocycles. The lowest BCUT2D eigenvalue weighted by Crippen LogP contribution is -2.44. The van der Waals surface area contributed by atoms with E-state index >= 15 is 0 Å². The molecule has 134 valence electrons. The minimum absolute atomic E-state index is 0.169. The third kappa shape index (κ3) is 3.58. The maximum atomic E-state index is 6.45. The molecule has 0 N–H and O–H groups in total. The average Bonchev–Trinajstić information content (AvgIpc) is 2.59. The molecule has 1 aromatic carbocycles. The van der Waals surface area contributed by atoms with Crippen LogP contribution in [0.1, 0.15) is 54.0 Å². The van der Waals surface area contributed by atoms with Gasteiger partial charge in [-0.3, -0.25) is 0 Å². The fourth-order valence-electron chi connectivity index (χ4n) is 2.35. The molecule has 0 aliphatic carbocycles. The highest BCUT2D eigenvalue weighted by atomic mass is 28.4. The van der Waals surface area contributed by atoms with Gasteiger partial charge in [0.15, 0.2) is 0 Å². The summed E-state index contributed by atoms with van der Waals surface area (Å²) in [5, 5.41) is 0.169. The van der Waals surface area contributed by atoms with Crippen LogP contribution in [0.3, 0.4) is 0 Å².